The Hall–Kier alpha value is -3.28. The van der Waals surface area contributed by atoms with E-state index in [1.807, 2.05) is 4.90 Å². The molecule has 0 atom stereocenters. The van der Waals surface area contributed by atoms with Gasteiger partial charge in [-0.2, -0.15) is 0 Å². The molecule has 2 aromatic carbocycles. The van der Waals surface area contributed by atoms with E-state index in [1.165, 1.54) is 27.6 Å². The van der Waals surface area contributed by atoms with Gasteiger partial charge in [-0.3, -0.25) is 4.79 Å². The number of amides is 1. The monoisotopic (exact) mass is 431 g/mol. The van der Waals surface area contributed by atoms with Gasteiger partial charge in [-0.25, -0.2) is 4.99 Å². The number of guanidine groups is 1. The van der Waals surface area contributed by atoms with Gasteiger partial charge in [0.25, 0.3) is 0 Å². The van der Waals surface area contributed by atoms with Crippen LogP contribution in [0, 0.1) is 6.92 Å². The predicted molar refractivity (Wildman–Crippen MR) is 131 cm³/mol. The van der Waals surface area contributed by atoms with Crippen LogP contribution in [0.25, 0.3) is 10.9 Å². The molecule has 0 unspecified atom stereocenters. The van der Waals surface area contributed by atoms with E-state index in [0.717, 1.165) is 44.0 Å². The van der Waals surface area contributed by atoms with Crippen LogP contribution >= 0.6 is 0 Å². The highest BCUT2D eigenvalue weighted by Crippen LogP contribution is 2.21. The van der Waals surface area contributed by atoms with Gasteiger partial charge in [0.05, 0.1) is 6.54 Å². The Labute approximate surface area is 190 Å². The van der Waals surface area contributed by atoms with Crippen molar-refractivity contribution in [2.75, 3.05) is 19.6 Å². The van der Waals surface area contributed by atoms with E-state index in [4.69, 9.17) is 4.99 Å². The second-order valence-corrected chi connectivity index (χ2v) is 8.42. The molecule has 32 heavy (non-hydrogen) atoms. The SMILES string of the molecule is CCNC(=NCc1cccc(CN2CCCC2=O)c1)NCCc1c[nH]c2c(C)cccc12. The summed E-state index contributed by atoms with van der Waals surface area (Å²) in [6, 6.07) is 14.8. The normalized spacial score (nSPS) is 14.4. The van der Waals surface area contributed by atoms with Crippen LogP contribution in [-0.4, -0.2) is 41.4 Å². The number of benzene rings is 2. The van der Waals surface area contributed by atoms with Crippen LogP contribution in [0.1, 0.15) is 42.0 Å². The Balaban J connectivity index is 1.35. The molecule has 1 saturated heterocycles. The number of likely N-dealkylation sites (tertiary alicyclic amines) is 1. The van der Waals surface area contributed by atoms with Crippen molar-refractivity contribution in [3.8, 4) is 0 Å². The molecule has 3 aromatic rings. The minimum absolute atomic E-state index is 0.261. The topological polar surface area (TPSA) is 72.5 Å². The first-order valence-corrected chi connectivity index (χ1v) is 11.6. The van der Waals surface area contributed by atoms with Crippen LogP contribution in [0.4, 0.5) is 0 Å². The number of fused-ring (bicyclic) bond motifs is 1. The molecule has 4 rings (SSSR count). The number of carbonyl (C=O) groups is 1. The smallest absolute Gasteiger partial charge is 0.222 e. The fourth-order valence-corrected chi connectivity index (χ4v) is 4.32. The number of carbonyl (C=O) groups excluding carboxylic acids is 1. The lowest BCUT2D eigenvalue weighted by atomic mass is 10.1. The molecule has 1 aliphatic rings. The Morgan fingerprint density at radius 3 is 2.81 bits per heavy atom. The molecular formula is C26H33N5O. The maximum atomic E-state index is 11.9. The van der Waals surface area contributed by atoms with Crippen molar-refractivity contribution >= 4 is 22.8 Å². The summed E-state index contributed by atoms with van der Waals surface area (Å²) in [6.07, 6.45) is 4.69. The number of hydrogen-bond acceptors (Lipinski definition) is 2. The quantitative estimate of drug-likeness (QED) is 0.374. The standard InChI is InChI=1S/C26H33N5O/c1-3-27-26(28-13-12-22-17-29-25-19(2)7-4-10-23(22)25)30-16-20-8-5-9-21(15-20)18-31-14-6-11-24(31)32/h4-5,7-10,15,17,29H,3,6,11-14,16,18H2,1-2H3,(H2,27,28,30). The van der Waals surface area contributed by atoms with Crippen molar-refractivity contribution in [1.29, 1.82) is 0 Å². The van der Waals surface area contributed by atoms with Gasteiger partial charge >= 0.3 is 0 Å². The summed E-state index contributed by atoms with van der Waals surface area (Å²) in [4.78, 5) is 22.0. The van der Waals surface area contributed by atoms with Crippen molar-refractivity contribution in [1.82, 2.24) is 20.5 Å². The highest BCUT2D eigenvalue weighted by Gasteiger charge is 2.19. The van der Waals surface area contributed by atoms with E-state index >= 15 is 0 Å². The maximum Gasteiger partial charge on any atom is 0.222 e. The average molecular weight is 432 g/mol. The first-order valence-electron chi connectivity index (χ1n) is 11.6. The van der Waals surface area contributed by atoms with Crippen LogP contribution in [0.15, 0.2) is 53.7 Å². The molecular weight excluding hydrogens is 398 g/mol. The van der Waals surface area contributed by atoms with Gasteiger partial charge in [0.2, 0.25) is 5.91 Å². The minimum atomic E-state index is 0.261. The number of aryl methyl sites for hydroxylation is 1. The first kappa shape index (κ1) is 21.9. The van der Waals surface area contributed by atoms with Crippen LogP contribution in [0.5, 0.6) is 0 Å². The molecule has 0 aliphatic carbocycles. The molecule has 0 spiro atoms. The number of aliphatic imine (C=N–C) groups is 1. The molecule has 1 aromatic heterocycles. The molecule has 6 heteroatoms. The molecule has 0 radical (unpaired) electrons. The third-order valence-corrected chi connectivity index (χ3v) is 6.00. The van der Waals surface area contributed by atoms with Crippen molar-refractivity contribution < 1.29 is 4.79 Å². The van der Waals surface area contributed by atoms with Gasteiger partial charge in [-0.15, -0.1) is 0 Å². The number of hydrogen-bond donors (Lipinski definition) is 3. The fourth-order valence-electron chi connectivity index (χ4n) is 4.32. The van der Waals surface area contributed by atoms with Gasteiger partial charge in [0.15, 0.2) is 5.96 Å². The minimum Gasteiger partial charge on any atom is -0.361 e. The molecule has 1 aliphatic heterocycles. The average Bonchev–Trinajstić information content (AvgIpc) is 3.39. The zero-order valence-corrected chi connectivity index (χ0v) is 19.1. The Morgan fingerprint density at radius 1 is 1.16 bits per heavy atom. The lowest BCUT2D eigenvalue weighted by Crippen LogP contribution is -2.38. The molecule has 0 saturated carbocycles. The summed E-state index contributed by atoms with van der Waals surface area (Å²) < 4.78 is 0. The summed E-state index contributed by atoms with van der Waals surface area (Å²) >= 11 is 0. The first-order chi connectivity index (χ1) is 15.6. The molecule has 2 heterocycles. The van der Waals surface area contributed by atoms with Gasteiger partial charge in [-0.1, -0.05) is 42.5 Å². The van der Waals surface area contributed by atoms with Crippen molar-refractivity contribution in [2.24, 2.45) is 4.99 Å². The highest BCUT2D eigenvalue weighted by atomic mass is 16.2. The van der Waals surface area contributed by atoms with E-state index in [1.54, 1.807) is 0 Å². The molecule has 1 amide bonds. The summed E-state index contributed by atoms with van der Waals surface area (Å²) in [5.74, 6) is 1.08. The Morgan fingerprint density at radius 2 is 2.00 bits per heavy atom. The lowest BCUT2D eigenvalue weighted by Gasteiger charge is -2.16. The highest BCUT2D eigenvalue weighted by molar-refractivity contribution is 5.86. The second kappa shape index (κ2) is 10.4. The number of rotatable bonds is 8. The summed E-state index contributed by atoms with van der Waals surface area (Å²) in [5, 5.41) is 8.09. The number of para-hydroxylation sites is 1. The third kappa shape index (κ3) is 5.31. The van der Waals surface area contributed by atoms with E-state index in [-0.39, 0.29) is 5.91 Å². The van der Waals surface area contributed by atoms with Gasteiger partial charge in [-0.05, 0) is 48.9 Å². The molecule has 1 fully saturated rings. The Kier molecular flexibility index (Phi) is 7.10. The molecule has 6 nitrogen and oxygen atoms in total. The second-order valence-electron chi connectivity index (χ2n) is 8.42. The van der Waals surface area contributed by atoms with E-state index in [2.05, 4.69) is 78.1 Å². The van der Waals surface area contributed by atoms with Crippen molar-refractivity contribution in [2.45, 2.75) is 46.2 Å². The maximum absolute atomic E-state index is 11.9. The number of aromatic nitrogens is 1. The van der Waals surface area contributed by atoms with E-state index in [0.29, 0.717) is 19.5 Å². The molecule has 0 bridgehead atoms. The van der Waals surface area contributed by atoms with Crippen molar-refractivity contribution in [3.63, 3.8) is 0 Å². The van der Waals surface area contributed by atoms with Crippen molar-refractivity contribution in [3.05, 3.63) is 70.9 Å². The van der Waals surface area contributed by atoms with Gasteiger partial charge in [0, 0.05) is 49.7 Å². The van der Waals surface area contributed by atoms with E-state index in [9.17, 15) is 4.79 Å². The largest absolute Gasteiger partial charge is 0.361 e. The number of aromatic amines is 1. The number of nitrogens with zero attached hydrogens (tertiary/aromatic N) is 2. The van der Waals surface area contributed by atoms with E-state index < -0.39 is 0 Å². The fraction of sp³-hybridized carbons (Fsp3) is 0.385. The van der Waals surface area contributed by atoms with Crippen LogP contribution in [0.2, 0.25) is 0 Å². The van der Waals surface area contributed by atoms with Crippen LogP contribution in [-0.2, 0) is 24.3 Å². The number of nitrogens with one attached hydrogen (secondary N) is 3. The van der Waals surface area contributed by atoms with Crippen LogP contribution in [0.3, 0.4) is 0 Å². The van der Waals surface area contributed by atoms with Crippen LogP contribution < -0.4 is 10.6 Å². The third-order valence-electron chi connectivity index (χ3n) is 6.00. The summed E-state index contributed by atoms with van der Waals surface area (Å²) in [7, 11) is 0. The zero-order valence-electron chi connectivity index (χ0n) is 19.1. The summed E-state index contributed by atoms with van der Waals surface area (Å²) in [6.45, 7) is 8.00. The summed E-state index contributed by atoms with van der Waals surface area (Å²) in [5.41, 5.74) is 6.13. The lowest BCUT2D eigenvalue weighted by molar-refractivity contribution is -0.128. The Bertz CT molecular complexity index is 1100. The molecule has 168 valence electrons. The van der Waals surface area contributed by atoms with Gasteiger partial charge in [0.1, 0.15) is 0 Å². The molecule has 3 N–H and O–H groups in total. The zero-order chi connectivity index (χ0) is 22.3. The number of H-pyrrole nitrogens is 1. The predicted octanol–water partition coefficient (Wildman–Crippen LogP) is 3.90. The van der Waals surface area contributed by atoms with Gasteiger partial charge < -0.3 is 20.5 Å².